The molecule has 3 nitrogen and oxygen atoms in total. The van der Waals surface area contributed by atoms with E-state index in [-0.39, 0.29) is 23.1 Å². The second kappa shape index (κ2) is 10.8. The molecule has 5 N–H and O–H groups in total. The SMILES string of the molecule is CC(C)(CNC[C@@H](N)CCCN)c1cc(-c2ccc(F)cc2)cc(-c2ccc(F)cc2)c1. The Morgan fingerprint density at radius 2 is 1.31 bits per heavy atom. The van der Waals surface area contributed by atoms with Crippen LogP contribution >= 0.6 is 0 Å². The van der Waals surface area contributed by atoms with Crippen LogP contribution < -0.4 is 16.8 Å². The minimum atomic E-state index is -0.265. The predicted molar refractivity (Wildman–Crippen MR) is 129 cm³/mol. The summed E-state index contributed by atoms with van der Waals surface area (Å²) in [4.78, 5) is 0. The minimum Gasteiger partial charge on any atom is -0.330 e. The molecule has 0 saturated heterocycles. The maximum Gasteiger partial charge on any atom is 0.123 e. The van der Waals surface area contributed by atoms with E-state index in [1.165, 1.54) is 24.3 Å². The number of nitrogens with two attached hydrogens (primary N) is 2. The minimum absolute atomic E-state index is 0.0784. The summed E-state index contributed by atoms with van der Waals surface area (Å²) in [5.41, 5.74) is 16.6. The lowest BCUT2D eigenvalue weighted by atomic mass is 9.81. The Hall–Kier alpha value is -2.60. The molecule has 3 aromatic rings. The first-order valence-corrected chi connectivity index (χ1v) is 11.1. The molecule has 0 saturated carbocycles. The van der Waals surface area contributed by atoms with Gasteiger partial charge in [0.15, 0.2) is 0 Å². The third-order valence-corrected chi connectivity index (χ3v) is 5.82. The fourth-order valence-corrected chi connectivity index (χ4v) is 3.79. The molecule has 0 fully saturated rings. The maximum absolute atomic E-state index is 13.5. The monoisotopic (exact) mass is 437 g/mol. The average molecular weight is 438 g/mol. The van der Waals surface area contributed by atoms with E-state index in [4.69, 9.17) is 11.5 Å². The van der Waals surface area contributed by atoms with Gasteiger partial charge in [0.2, 0.25) is 0 Å². The van der Waals surface area contributed by atoms with Crippen molar-refractivity contribution in [3.63, 3.8) is 0 Å². The lowest BCUT2D eigenvalue weighted by Gasteiger charge is -2.28. The quantitative estimate of drug-likeness (QED) is 0.407. The van der Waals surface area contributed by atoms with E-state index in [9.17, 15) is 8.78 Å². The normalized spacial score (nSPS) is 12.7. The first-order valence-electron chi connectivity index (χ1n) is 11.1. The standard InChI is InChI=1S/C27H33F2N3/c1-27(2,18-32-17-26(31)4-3-13-30)23-15-21(19-5-9-24(28)10-6-19)14-22(16-23)20-7-11-25(29)12-8-20/h5-12,14-16,26,32H,3-4,13,17-18,30-31H2,1-2H3/t26-/m0/s1. The summed E-state index contributed by atoms with van der Waals surface area (Å²) in [6, 6.07) is 19.4. The molecular formula is C27H33F2N3. The van der Waals surface area contributed by atoms with E-state index >= 15 is 0 Å². The fraction of sp³-hybridized carbons (Fsp3) is 0.333. The third kappa shape index (κ3) is 6.45. The number of hydrogen-bond donors (Lipinski definition) is 3. The zero-order valence-corrected chi connectivity index (χ0v) is 18.9. The van der Waals surface area contributed by atoms with Gasteiger partial charge >= 0.3 is 0 Å². The van der Waals surface area contributed by atoms with Gasteiger partial charge in [-0.3, -0.25) is 0 Å². The molecule has 0 amide bonds. The summed E-state index contributed by atoms with van der Waals surface area (Å²) in [5.74, 6) is -0.529. The van der Waals surface area contributed by atoms with Gasteiger partial charge in [-0.1, -0.05) is 50.2 Å². The predicted octanol–water partition coefficient (Wildman–Crippen LogP) is 5.23. The largest absolute Gasteiger partial charge is 0.330 e. The molecule has 0 radical (unpaired) electrons. The third-order valence-electron chi connectivity index (χ3n) is 5.82. The number of hydrogen-bond acceptors (Lipinski definition) is 3. The summed E-state index contributed by atoms with van der Waals surface area (Å²) in [5, 5.41) is 3.50. The number of benzene rings is 3. The zero-order valence-electron chi connectivity index (χ0n) is 18.9. The molecule has 0 aliphatic rings. The van der Waals surface area contributed by atoms with Crippen LogP contribution in [0.15, 0.2) is 66.7 Å². The van der Waals surface area contributed by atoms with Crippen LogP contribution in [0.3, 0.4) is 0 Å². The molecule has 1 atom stereocenters. The van der Waals surface area contributed by atoms with Crippen molar-refractivity contribution < 1.29 is 8.78 Å². The van der Waals surface area contributed by atoms with Crippen LogP contribution in [-0.2, 0) is 5.41 Å². The van der Waals surface area contributed by atoms with Gasteiger partial charge in [0.05, 0.1) is 0 Å². The molecule has 0 spiro atoms. The van der Waals surface area contributed by atoms with E-state index in [2.05, 4.69) is 37.4 Å². The van der Waals surface area contributed by atoms with E-state index in [0.717, 1.165) is 53.7 Å². The Bertz CT molecular complexity index is 935. The molecule has 0 aliphatic carbocycles. The summed E-state index contributed by atoms with van der Waals surface area (Å²) >= 11 is 0. The van der Waals surface area contributed by atoms with Crippen LogP contribution in [0, 0.1) is 11.6 Å². The van der Waals surface area contributed by atoms with Crippen LogP contribution in [0.4, 0.5) is 8.78 Å². The molecule has 3 aromatic carbocycles. The highest BCUT2D eigenvalue weighted by molar-refractivity contribution is 5.74. The molecule has 0 heterocycles. The summed E-state index contributed by atoms with van der Waals surface area (Å²) in [7, 11) is 0. The van der Waals surface area contributed by atoms with Crippen LogP contribution in [0.5, 0.6) is 0 Å². The summed E-state index contributed by atoms with van der Waals surface area (Å²) < 4.78 is 26.9. The lowest BCUT2D eigenvalue weighted by Crippen LogP contribution is -2.40. The van der Waals surface area contributed by atoms with Crippen molar-refractivity contribution in [1.82, 2.24) is 5.32 Å². The van der Waals surface area contributed by atoms with Crippen molar-refractivity contribution in [3.05, 3.63) is 83.9 Å². The molecule has 0 aromatic heterocycles. The zero-order chi connectivity index (χ0) is 23.1. The van der Waals surface area contributed by atoms with Gasteiger partial charge in [0.25, 0.3) is 0 Å². The van der Waals surface area contributed by atoms with Crippen molar-refractivity contribution in [3.8, 4) is 22.3 Å². The van der Waals surface area contributed by atoms with Gasteiger partial charge in [-0.15, -0.1) is 0 Å². The Morgan fingerprint density at radius 3 is 1.78 bits per heavy atom. The molecule has 32 heavy (non-hydrogen) atoms. The molecular weight excluding hydrogens is 404 g/mol. The Kier molecular flexibility index (Phi) is 8.13. The molecule has 0 bridgehead atoms. The number of halogens is 2. The molecule has 5 heteroatoms. The first kappa shape index (κ1) is 24.1. The highest BCUT2D eigenvalue weighted by Gasteiger charge is 2.22. The van der Waals surface area contributed by atoms with Crippen molar-refractivity contribution in [2.75, 3.05) is 19.6 Å². The van der Waals surface area contributed by atoms with Crippen molar-refractivity contribution in [2.24, 2.45) is 11.5 Å². The highest BCUT2D eigenvalue weighted by atomic mass is 19.1. The number of rotatable bonds is 10. The van der Waals surface area contributed by atoms with E-state index < -0.39 is 0 Å². The topological polar surface area (TPSA) is 64.1 Å². The molecule has 170 valence electrons. The van der Waals surface area contributed by atoms with Gasteiger partial charge < -0.3 is 16.8 Å². The molecule has 0 aliphatic heterocycles. The second-order valence-corrected chi connectivity index (χ2v) is 9.02. The van der Waals surface area contributed by atoms with Crippen LogP contribution in [-0.4, -0.2) is 25.7 Å². The van der Waals surface area contributed by atoms with E-state index in [1.54, 1.807) is 24.3 Å². The van der Waals surface area contributed by atoms with Crippen molar-refractivity contribution >= 4 is 0 Å². The number of nitrogens with one attached hydrogen (secondary N) is 1. The molecule has 3 rings (SSSR count). The second-order valence-electron chi connectivity index (χ2n) is 9.02. The lowest BCUT2D eigenvalue weighted by molar-refractivity contribution is 0.443. The van der Waals surface area contributed by atoms with Crippen LogP contribution in [0.1, 0.15) is 32.3 Å². The van der Waals surface area contributed by atoms with Gasteiger partial charge in [0, 0.05) is 24.5 Å². The smallest absolute Gasteiger partial charge is 0.123 e. The van der Waals surface area contributed by atoms with Gasteiger partial charge in [0.1, 0.15) is 11.6 Å². The highest BCUT2D eigenvalue weighted by Crippen LogP contribution is 2.33. The van der Waals surface area contributed by atoms with Crippen LogP contribution in [0.2, 0.25) is 0 Å². The summed E-state index contributed by atoms with van der Waals surface area (Å²) in [6.45, 7) is 6.50. The van der Waals surface area contributed by atoms with Crippen molar-refractivity contribution in [1.29, 1.82) is 0 Å². The average Bonchev–Trinajstić information content (AvgIpc) is 2.78. The van der Waals surface area contributed by atoms with E-state index in [1.807, 2.05) is 0 Å². The fourth-order valence-electron chi connectivity index (χ4n) is 3.79. The summed E-state index contributed by atoms with van der Waals surface area (Å²) in [6.07, 6.45) is 1.83. The van der Waals surface area contributed by atoms with Gasteiger partial charge in [-0.25, -0.2) is 8.78 Å². The van der Waals surface area contributed by atoms with Gasteiger partial charge in [-0.05, 0) is 77.5 Å². The molecule has 0 unspecified atom stereocenters. The van der Waals surface area contributed by atoms with Crippen molar-refractivity contribution in [2.45, 2.75) is 38.1 Å². The Labute approximate surface area is 189 Å². The van der Waals surface area contributed by atoms with Gasteiger partial charge in [-0.2, -0.15) is 0 Å². The Balaban J connectivity index is 1.91. The first-order chi connectivity index (χ1) is 15.3. The van der Waals surface area contributed by atoms with Crippen LogP contribution in [0.25, 0.3) is 22.3 Å². The van der Waals surface area contributed by atoms with E-state index in [0.29, 0.717) is 6.54 Å². The Morgan fingerprint density at radius 1 is 0.812 bits per heavy atom. The maximum atomic E-state index is 13.5.